The number of Topliss-reactive ketones (excluding diaryl/α,β-unsaturated/α-hetero) is 1. The second-order valence-corrected chi connectivity index (χ2v) is 6.13. The van der Waals surface area contributed by atoms with Crippen LogP contribution in [-0.2, 0) is 9.59 Å². The van der Waals surface area contributed by atoms with Gasteiger partial charge in [0.05, 0.1) is 0 Å². The normalized spacial score (nSPS) is 16.0. The maximum Gasteiger partial charge on any atom is 0.223 e. The smallest absolute Gasteiger partial charge is 0.223 e. The van der Waals surface area contributed by atoms with E-state index in [9.17, 15) is 9.59 Å². The highest BCUT2D eigenvalue weighted by Gasteiger charge is 2.19. The van der Waals surface area contributed by atoms with Crippen molar-refractivity contribution in [3.63, 3.8) is 0 Å². The Balaban J connectivity index is -0.000000397. The van der Waals surface area contributed by atoms with Gasteiger partial charge in [0, 0.05) is 18.9 Å². The van der Waals surface area contributed by atoms with Crippen molar-refractivity contribution >= 4 is 11.7 Å². The number of hydrogen-bond acceptors (Lipinski definition) is 4. The predicted molar refractivity (Wildman–Crippen MR) is 119 cm³/mol. The standard InChI is InChI=1S/C11H20N2O2.C5H11N.3C2H6/c1-9(14)3-2-6-13-11(15)10-4-7-12-8-5-10;1-6-4-2-3-5-6;3*1-2/h10,12H,2-8H2,1H3,(H,13,15);2-5H2,1H3;3*1-2H3. The summed E-state index contributed by atoms with van der Waals surface area (Å²) in [6.45, 7) is 18.7. The van der Waals surface area contributed by atoms with E-state index in [1.54, 1.807) is 6.92 Å². The Morgan fingerprint density at radius 2 is 1.44 bits per heavy atom. The van der Waals surface area contributed by atoms with Gasteiger partial charge in [0.2, 0.25) is 5.91 Å². The summed E-state index contributed by atoms with van der Waals surface area (Å²) in [5, 5.41) is 6.12. The van der Waals surface area contributed by atoms with Crippen molar-refractivity contribution in [2.45, 2.75) is 87.0 Å². The van der Waals surface area contributed by atoms with E-state index in [4.69, 9.17) is 0 Å². The molecule has 2 N–H and O–H groups in total. The number of piperidine rings is 1. The van der Waals surface area contributed by atoms with Gasteiger partial charge in [-0.05, 0) is 72.3 Å². The summed E-state index contributed by atoms with van der Waals surface area (Å²) >= 11 is 0. The predicted octanol–water partition coefficient (Wildman–Crippen LogP) is 4.26. The third kappa shape index (κ3) is 21.2. The molecule has 2 aliphatic heterocycles. The Morgan fingerprint density at radius 1 is 0.963 bits per heavy atom. The molecule has 0 atom stereocenters. The fourth-order valence-electron chi connectivity index (χ4n) is 2.65. The molecule has 1 amide bonds. The number of rotatable bonds is 5. The lowest BCUT2D eigenvalue weighted by Crippen LogP contribution is -2.38. The molecular formula is C22H49N3O2. The van der Waals surface area contributed by atoms with Gasteiger partial charge in [-0.15, -0.1) is 0 Å². The molecule has 164 valence electrons. The second-order valence-electron chi connectivity index (χ2n) is 6.13. The van der Waals surface area contributed by atoms with Gasteiger partial charge in [-0.3, -0.25) is 4.79 Å². The van der Waals surface area contributed by atoms with Gasteiger partial charge in [0.15, 0.2) is 0 Å². The average molecular weight is 388 g/mol. The highest BCUT2D eigenvalue weighted by atomic mass is 16.2. The Labute approximate surface area is 170 Å². The molecule has 2 fully saturated rings. The number of amides is 1. The molecular weight excluding hydrogens is 338 g/mol. The van der Waals surface area contributed by atoms with Gasteiger partial charge in [0.1, 0.15) is 5.78 Å². The van der Waals surface area contributed by atoms with Gasteiger partial charge < -0.3 is 20.3 Å². The van der Waals surface area contributed by atoms with E-state index in [-0.39, 0.29) is 17.6 Å². The molecule has 0 spiro atoms. The van der Waals surface area contributed by atoms with Crippen LogP contribution in [0.3, 0.4) is 0 Å². The quantitative estimate of drug-likeness (QED) is 0.692. The number of likely N-dealkylation sites (tertiary alicyclic amines) is 1. The average Bonchev–Trinajstić information content (AvgIpc) is 3.21. The minimum absolute atomic E-state index is 0.153. The van der Waals surface area contributed by atoms with Crippen LogP contribution < -0.4 is 10.6 Å². The molecule has 2 saturated heterocycles. The third-order valence-electron chi connectivity index (χ3n) is 4.04. The molecule has 0 unspecified atom stereocenters. The first-order valence-electron chi connectivity index (χ1n) is 11.3. The van der Waals surface area contributed by atoms with E-state index in [0.29, 0.717) is 13.0 Å². The Kier molecular flexibility index (Phi) is 28.6. The van der Waals surface area contributed by atoms with E-state index < -0.39 is 0 Å². The molecule has 2 aliphatic rings. The maximum absolute atomic E-state index is 11.6. The van der Waals surface area contributed by atoms with Crippen molar-refractivity contribution < 1.29 is 9.59 Å². The first-order valence-corrected chi connectivity index (χ1v) is 11.3. The number of nitrogens with one attached hydrogen (secondary N) is 2. The molecule has 0 aromatic rings. The molecule has 27 heavy (non-hydrogen) atoms. The van der Waals surface area contributed by atoms with Crippen molar-refractivity contribution in [2.24, 2.45) is 5.92 Å². The molecule has 0 aromatic carbocycles. The summed E-state index contributed by atoms with van der Waals surface area (Å²) in [4.78, 5) is 24.6. The summed E-state index contributed by atoms with van der Waals surface area (Å²) in [5.41, 5.74) is 0. The Bertz CT molecular complexity index is 311. The topological polar surface area (TPSA) is 61.4 Å². The van der Waals surface area contributed by atoms with Crippen molar-refractivity contribution in [2.75, 3.05) is 39.8 Å². The second kappa shape index (κ2) is 25.1. The molecule has 2 heterocycles. The molecule has 5 heteroatoms. The van der Waals surface area contributed by atoms with Gasteiger partial charge in [0.25, 0.3) is 0 Å². The molecule has 0 saturated carbocycles. The molecule has 2 rings (SSSR count). The van der Waals surface area contributed by atoms with Crippen LogP contribution in [0.1, 0.15) is 87.0 Å². The van der Waals surface area contributed by atoms with E-state index in [2.05, 4.69) is 22.6 Å². The number of nitrogens with zero attached hydrogens (tertiary/aromatic N) is 1. The lowest BCUT2D eigenvalue weighted by molar-refractivity contribution is -0.126. The van der Waals surface area contributed by atoms with Crippen molar-refractivity contribution in [1.82, 2.24) is 15.5 Å². The highest BCUT2D eigenvalue weighted by Crippen LogP contribution is 2.11. The van der Waals surface area contributed by atoms with Crippen LogP contribution in [0.4, 0.5) is 0 Å². The van der Waals surface area contributed by atoms with Gasteiger partial charge in [-0.25, -0.2) is 0 Å². The van der Waals surface area contributed by atoms with E-state index in [0.717, 1.165) is 32.4 Å². The van der Waals surface area contributed by atoms with Crippen molar-refractivity contribution in [3.8, 4) is 0 Å². The molecule has 0 aliphatic carbocycles. The van der Waals surface area contributed by atoms with Crippen LogP contribution in [-0.4, -0.2) is 56.4 Å². The fourth-order valence-corrected chi connectivity index (χ4v) is 2.65. The number of hydrogen-bond donors (Lipinski definition) is 2. The highest BCUT2D eigenvalue weighted by molar-refractivity contribution is 5.79. The first-order chi connectivity index (χ1) is 13.1. The van der Waals surface area contributed by atoms with E-state index in [1.165, 1.54) is 25.9 Å². The van der Waals surface area contributed by atoms with E-state index in [1.807, 2.05) is 41.5 Å². The largest absolute Gasteiger partial charge is 0.356 e. The molecule has 0 aromatic heterocycles. The third-order valence-corrected chi connectivity index (χ3v) is 4.04. The summed E-state index contributed by atoms with van der Waals surface area (Å²) in [7, 11) is 2.17. The Hall–Kier alpha value is -0.940. The van der Waals surface area contributed by atoms with Gasteiger partial charge >= 0.3 is 0 Å². The van der Waals surface area contributed by atoms with Gasteiger partial charge in [-0.2, -0.15) is 0 Å². The fraction of sp³-hybridized carbons (Fsp3) is 0.909. The number of carbonyl (C=O) groups is 2. The summed E-state index contributed by atoms with van der Waals surface area (Å²) in [5.74, 6) is 0.509. The lowest BCUT2D eigenvalue weighted by atomic mass is 9.97. The van der Waals surface area contributed by atoms with Crippen LogP contribution >= 0.6 is 0 Å². The van der Waals surface area contributed by atoms with Crippen LogP contribution in [0.2, 0.25) is 0 Å². The molecule has 0 bridgehead atoms. The van der Waals surface area contributed by atoms with E-state index >= 15 is 0 Å². The molecule has 0 radical (unpaired) electrons. The number of carbonyl (C=O) groups excluding carboxylic acids is 2. The van der Waals surface area contributed by atoms with Crippen LogP contribution in [0.5, 0.6) is 0 Å². The minimum atomic E-state index is 0.153. The van der Waals surface area contributed by atoms with Crippen molar-refractivity contribution in [3.05, 3.63) is 0 Å². The molecule has 5 nitrogen and oxygen atoms in total. The summed E-state index contributed by atoms with van der Waals surface area (Å²) in [6, 6.07) is 0. The first kappa shape index (κ1) is 30.8. The van der Waals surface area contributed by atoms with Crippen LogP contribution in [0, 0.1) is 5.92 Å². The monoisotopic (exact) mass is 387 g/mol. The van der Waals surface area contributed by atoms with Gasteiger partial charge in [-0.1, -0.05) is 41.5 Å². The van der Waals surface area contributed by atoms with Crippen molar-refractivity contribution in [1.29, 1.82) is 0 Å². The minimum Gasteiger partial charge on any atom is -0.356 e. The van der Waals surface area contributed by atoms with Crippen LogP contribution in [0.15, 0.2) is 0 Å². The summed E-state index contributed by atoms with van der Waals surface area (Å²) < 4.78 is 0. The zero-order valence-electron chi connectivity index (χ0n) is 19.6. The lowest BCUT2D eigenvalue weighted by Gasteiger charge is -2.21. The zero-order valence-corrected chi connectivity index (χ0v) is 19.6. The van der Waals surface area contributed by atoms with Crippen LogP contribution in [0.25, 0.3) is 0 Å². The Morgan fingerprint density at radius 3 is 1.81 bits per heavy atom. The summed E-state index contributed by atoms with van der Waals surface area (Å²) in [6.07, 6.45) is 6.00. The maximum atomic E-state index is 11.6. The zero-order chi connectivity index (χ0) is 21.5. The number of ketones is 1. The SMILES string of the molecule is CC.CC.CC.CC(=O)CCCNC(=O)C1CCNCC1.CN1CCCC1.